The number of thiazole rings is 1. The van der Waals surface area contributed by atoms with E-state index in [1.807, 2.05) is 84.9 Å². The van der Waals surface area contributed by atoms with E-state index in [9.17, 15) is 4.79 Å². The minimum Gasteiger partial charge on any atom is -0.493 e. The summed E-state index contributed by atoms with van der Waals surface area (Å²) in [7, 11) is 1.63. The maximum absolute atomic E-state index is 13.6. The number of unbranched alkanes of at least 4 members (excludes halogenated alkanes) is 1. The van der Waals surface area contributed by atoms with E-state index in [0.29, 0.717) is 27.6 Å². The van der Waals surface area contributed by atoms with Crippen LogP contribution in [0.25, 0.3) is 33.6 Å². The maximum atomic E-state index is 13.6. The Morgan fingerprint density at radius 1 is 0.943 bits per heavy atom. The molecule has 0 amide bonds. The number of methoxy groups -OCH3 is 1. The van der Waals surface area contributed by atoms with Crippen LogP contribution in [0.5, 0.6) is 11.5 Å². The van der Waals surface area contributed by atoms with Crippen LogP contribution in [0, 0.1) is 0 Å². The Hall–Kier alpha value is -3.90. The molecule has 0 radical (unpaired) electrons. The first kappa shape index (κ1) is 22.9. The molecule has 0 aliphatic rings. The van der Waals surface area contributed by atoms with Gasteiger partial charge in [0, 0.05) is 11.1 Å². The third-order valence-corrected chi connectivity index (χ3v) is 6.77. The molecule has 5 aromatic rings. The molecule has 0 aliphatic heterocycles. The van der Waals surface area contributed by atoms with Crippen LogP contribution in [0.1, 0.15) is 25.3 Å². The Morgan fingerprint density at radius 3 is 2.34 bits per heavy atom. The number of rotatable bonds is 8. The van der Waals surface area contributed by atoms with Crippen LogP contribution in [0.15, 0.2) is 83.7 Å². The molecule has 5 nitrogen and oxygen atoms in total. The average molecular weight is 483 g/mol. The first-order valence-corrected chi connectivity index (χ1v) is 12.5. The number of aromatic nitrogens is 2. The number of hydrogen-bond acceptors (Lipinski definition) is 5. The SMILES string of the molecule is CCCCOc1ccc(C=c2sc3nc(-c4ccccc4)c(-c4ccccc4)n3c2=O)cc1OC. The van der Waals surface area contributed by atoms with Gasteiger partial charge in [0.05, 0.1) is 29.6 Å². The second kappa shape index (κ2) is 10.2. The molecule has 2 aromatic heterocycles. The van der Waals surface area contributed by atoms with Crippen LogP contribution in [0.4, 0.5) is 0 Å². The third-order valence-electron chi connectivity index (χ3n) is 5.80. The van der Waals surface area contributed by atoms with Crippen molar-refractivity contribution in [3.8, 4) is 34.0 Å². The number of imidazole rings is 1. The molecule has 35 heavy (non-hydrogen) atoms. The smallest absolute Gasteiger partial charge is 0.274 e. The molecule has 0 unspecified atom stereocenters. The van der Waals surface area contributed by atoms with Gasteiger partial charge in [-0.1, -0.05) is 91.4 Å². The Balaban J connectivity index is 1.63. The van der Waals surface area contributed by atoms with Crippen molar-refractivity contribution in [1.29, 1.82) is 0 Å². The first-order valence-electron chi connectivity index (χ1n) is 11.7. The van der Waals surface area contributed by atoms with Crippen LogP contribution < -0.4 is 19.6 Å². The summed E-state index contributed by atoms with van der Waals surface area (Å²) in [5.41, 5.74) is 4.34. The maximum Gasteiger partial charge on any atom is 0.274 e. The van der Waals surface area contributed by atoms with Gasteiger partial charge in [0.15, 0.2) is 16.5 Å². The van der Waals surface area contributed by atoms with Crippen molar-refractivity contribution in [2.45, 2.75) is 19.8 Å². The molecule has 0 atom stereocenters. The van der Waals surface area contributed by atoms with Crippen molar-refractivity contribution in [2.24, 2.45) is 0 Å². The lowest BCUT2D eigenvalue weighted by atomic mass is 10.1. The molecule has 6 heteroatoms. The van der Waals surface area contributed by atoms with Gasteiger partial charge in [0.25, 0.3) is 5.56 Å². The summed E-state index contributed by atoms with van der Waals surface area (Å²) in [5, 5.41) is 0. The van der Waals surface area contributed by atoms with Gasteiger partial charge in [-0.3, -0.25) is 4.79 Å². The van der Waals surface area contributed by atoms with E-state index >= 15 is 0 Å². The van der Waals surface area contributed by atoms with Gasteiger partial charge < -0.3 is 9.47 Å². The van der Waals surface area contributed by atoms with E-state index in [-0.39, 0.29) is 5.56 Å². The van der Waals surface area contributed by atoms with E-state index in [2.05, 4.69) is 6.92 Å². The largest absolute Gasteiger partial charge is 0.493 e. The molecule has 0 N–H and O–H groups in total. The lowest BCUT2D eigenvalue weighted by Gasteiger charge is -2.10. The minimum absolute atomic E-state index is 0.0826. The van der Waals surface area contributed by atoms with Gasteiger partial charge in [-0.05, 0) is 30.2 Å². The van der Waals surface area contributed by atoms with Crippen molar-refractivity contribution in [3.63, 3.8) is 0 Å². The fraction of sp³-hybridized carbons (Fsp3) is 0.172. The van der Waals surface area contributed by atoms with Gasteiger partial charge in [-0.25, -0.2) is 9.38 Å². The van der Waals surface area contributed by atoms with Crippen LogP contribution >= 0.6 is 11.3 Å². The molecule has 0 fully saturated rings. The average Bonchev–Trinajstić information content (AvgIpc) is 3.42. The highest BCUT2D eigenvalue weighted by Gasteiger charge is 2.20. The van der Waals surface area contributed by atoms with Crippen molar-refractivity contribution in [3.05, 3.63) is 99.3 Å². The number of ether oxygens (including phenoxy) is 2. The zero-order chi connectivity index (χ0) is 24.2. The quantitative estimate of drug-likeness (QED) is 0.261. The van der Waals surface area contributed by atoms with E-state index in [4.69, 9.17) is 14.5 Å². The summed E-state index contributed by atoms with van der Waals surface area (Å²) in [6, 6.07) is 25.7. The molecule has 176 valence electrons. The van der Waals surface area contributed by atoms with Gasteiger partial charge in [-0.2, -0.15) is 0 Å². The number of hydrogen-bond donors (Lipinski definition) is 0. The highest BCUT2D eigenvalue weighted by Crippen LogP contribution is 2.32. The number of fused-ring (bicyclic) bond motifs is 1. The molecule has 0 saturated heterocycles. The summed E-state index contributed by atoms with van der Waals surface area (Å²) in [6.45, 7) is 2.78. The molecular weight excluding hydrogens is 456 g/mol. The Morgan fingerprint density at radius 2 is 1.66 bits per heavy atom. The zero-order valence-electron chi connectivity index (χ0n) is 19.7. The molecule has 5 rings (SSSR count). The number of benzene rings is 3. The second-order valence-corrected chi connectivity index (χ2v) is 9.20. The highest BCUT2D eigenvalue weighted by atomic mass is 32.1. The Bertz CT molecular complexity index is 1560. The molecule has 3 aromatic carbocycles. The van der Waals surface area contributed by atoms with Crippen LogP contribution in [0.3, 0.4) is 0 Å². The van der Waals surface area contributed by atoms with Crippen LogP contribution in [0.2, 0.25) is 0 Å². The Kier molecular flexibility index (Phi) is 6.64. The van der Waals surface area contributed by atoms with E-state index in [1.54, 1.807) is 11.5 Å². The van der Waals surface area contributed by atoms with Gasteiger partial charge >= 0.3 is 0 Å². The molecule has 2 heterocycles. The highest BCUT2D eigenvalue weighted by molar-refractivity contribution is 7.15. The normalized spacial score (nSPS) is 11.8. The molecular formula is C29H26N2O3S. The standard InChI is InChI=1S/C29H26N2O3S/c1-3-4-17-34-23-16-15-20(18-24(23)33-2)19-25-28(32)31-27(22-13-9-6-10-14-22)26(30-29(31)35-25)21-11-7-5-8-12-21/h5-16,18-19H,3-4,17H2,1-2H3. The number of nitrogens with zero attached hydrogens (tertiary/aromatic N) is 2. The second-order valence-electron chi connectivity index (χ2n) is 8.19. The topological polar surface area (TPSA) is 52.8 Å². The van der Waals surface area contributed by atoms with Gasteiger partial charge in [-0.15, -0.1) is 0 Å². The molecule has 0 aliphatic carbocycles. The zero-order valence-corrected chi connectivity index (χ0v) is 20.5. The summed E-state index contributed by atoms with van der Waals surface area (Å²) >= 11 is 1.39. The van der Waals surface area contributed by atoms with Crippen molar-refractivity contribution < 1.29 is 9.47 Å². The van der Waals surface area contributed by atoms with E-state index in [0.717, 1.165) is 40.9 Å². The third kappa shape index (κ3) is 4.57. The van der Waals surface area contributed by atoms with Crippen molar-refractivity contribution in [1.82, 2.24) is 9.38 Å². The van der Waals surface area contributed by atoms with Crippen molar-refractivity contribution >= 4 is 22.4 Å². The summed E-state index contributed by atoms with van der Waals surface area (Å²) in [6.07, 6.45) is 3.94. The fourth-order valence-corrected chi connectivity index (χ4v) is 5.00. The summed E-state index contributed by atoms with van der Waals surface area (Å²) < 4.78 is 13.7. The Labute approximate surface area is 207 Å². The fourth-order valence-electron chi connectivity index (χ4n) is 4.03. The van der Waals surface area contributed by atoms with Gasteiger partial charge in [0.1, 0.15) is 0 Å². The minimum atomic E-state index is -0.0826. The lowest BCUT2D eigenvalue weighted by Crippen LogP contribution is -2.23. The van der Waals surface area contributed by atoms with E-state index < -0.39 is 0 Å². The predicted molar refractivity (Wildman–Crippen MR) is 142 cm³/mol. The van der Waals surface area contributed by atoms with Gasteiger partial charge in [0.2, 0.25) is 0 Å². The monoisotopic (exact) mass is 482 g/mol. The predicted octanol–water partition coefficient (Wildman–Crippen LogP) is 5.83. The summed E-state index contributed by atoms with van der Waals surface area (Å²) in [5.74, 6) is 1.36. The molecule has 0 bridgehead atoms. The van der Waals surface area contributed by atoms with Crippen molar-refractivity contribution in [2.75, 3.05) is 13.7 Å². The van der Waals surface area contributed by atoms with Crippen LogP contribution in [-0.4, -0.2) is 23.1 Å². The molecule has 0 saturated carbocycles. The lowest BCUT2D eigenvalue weighted by molar-refractivity contribution is 0.288. The molecule has 0 spiro atoms. The summed E-state index contributed by atoms with van der Waals surface area (Å²) in [4.78, 5) is 19.2. The van der Waals surface area contributed by atoms with Crippen LogP contribution in [-0.2, 0) is 0 Å². The first-order chi connectivity index (χ1) is 17.2. The van der Waals surface area contributed by atoms with E-state index in [1.165, 1.54) is 11.3 Å².